The number of hydrogen-bond acceptors (Lipinski definition) is 5. The molecule has 1 aromatic rings. The number of rotatable bonds is 5. The standard InChI is InChI=1S/C18H24N2O5S/c1-2-26(23,24)14-8-9-16-15(10-14)20(18(22)12-25-16)11-17(21)19-13-6-4-3-5-7-13/h8-10,13H,2-7,11-12H2,1H3,(H,19,21). The summed E-state index contributed by atoms with van der Waals surface area (Å²) < 4.78 is 29.7. The van der Waals surface area contributed by atoms with Crippen LogP contribution in [0.5, 0.6) is 5.75 Å². The van der Waals surface area contributed by atoms with Crippen molar-refractivity contribution in [2.75, 3.05) is 23.8 Å². The first-order chi connectivity index (χ1) is 12.4. The van der Waals surface area contributed by atoms with Crippen LogP contribution in [0.3, 0.4) is 0 Å². The molecule has 1 N–H and O–H groups in total. The average Bonchev–Trinajstić information content (AvgIpc) is 2.64. The fourth-order valence-corrected chi connectivity index (χ4v) is 4.28. The normalized spacial score (nSPS) is 18.2. The first-order valence-corrected chi connectivity index (χ1v) is 10.7. The van der Waals surface area contributed by atoms with Gasteiger partial charge >= 0.3 is 0 Å². The van der Waals surface area contributed by atoms with E-state index in [1.54, 1.807) is 6.92 Å². The molecule has 0 radical (unpaired) electrons. The maximum atomic E-state index is 12.4. The number of carbonyl (C=O) groups excluding carboxylic acids is 2. The fourth-order valence-electron chi connectivity index (χ4n) is 3.38. The number of benzene rings is 1. The molecule has 0 aromatic heterocycles. The molecule has 2 aliphatic rings. The van der Waals surface area contributed by atoms with Gasteiger partial charge in [0.25, 0.3) is 5.91 Å². The second-order valence-corrected chi connectivity index (χ2v) is 8.98. The van der Waals surface area contributed by atoms with E-state index in [1.807, 2.05) is 0 Å². The zero-order valence-corrected chi connectivity index (χ0v) is 15.7. The van der Waals surface area contributed by atoms with Gasteiger partial charge in [-0.3, -0.25) is 14.5 Å². The van der Waals surface area contributed by atoms with Crippen LogP contribution in [0.25, 0.3) is 0 Å². The van der Waals surface area contributed by atoms with Crippen molar-refractivity contribution in [2.45, 2.75) is 50.0 Å². The molecule has 0 atom stereocenters. The van der Waals surface area contributed by atoms with Crippen LogP contribution in [0, 0.1) is 0 Å². The van der Waals surface area contributed by atoms with Gasteiger partial charge in [0.2, 0.25) is 5.91 Å². The molecule has 0 unspecified atom stereocenters. The van der Waals surface area contributed by atoms with Crippen molar-refractivity contribution in [3.63, 3.8) is 0 Å². The van der Waals surface area contributed by atoms with Gasteiger partial charge in [-0.25, -0.2) is 8.42 Å². The first kappa shape index (κ1) is 18.7. The highest BCUT2D eigenvalue weighted by Crippen LogP contribution is 2.34. The largest absolute Gasteiger partial charge is 0.482 e. The van der Waals surface area contributed by atoms with Gasteiger partial charge in [0, 0.05) is 6.04 Å². The second kappa shape index (κ2) is 7.65. The third-order valence-electron chi connectivity index (χ3n) is 4.88. The van der Waals surface area contributed by atoms with E-state index < -0.39 is 9.84 Å². The molecule has 0 spiro atoms. The molecule has 1 heterocycles. The van der Waals surface area contributed by atoms with Gasteiger partial charge in [-0.2, -0.15) is 0 Å². The van der Waals surface area contributed by atoms with Gasteiger partial charge in [0.1, 0.15) is 12.3 Å². The van der Waals surface area contributed by atoms with Crippen LogP contribution in [0.15, 0.2) is 23.1 Å². The number of amides is 2. The second-order valence-electron chi connectivity index (χ2n) is 6.70. The summed E-state index contributed by atoms with van der Waals surface area (Å²) in [5.41, 5.74) is 0.328. The van der Waals surface area contributed by atoms with Crippen LogP contribution >= 0.6 is 0 Å². The lowest BCUT2D eigenvalue weighted by atomic mass is 9.95. The van der Waals surface area contributed by atoms with Crippen LogP contribution in [0.2, 0.25) is 0 Å². The Bertz CT molecular complexity index is 800. The molecule has 142 valence electrons. The molecule has 0 saturated heterocycles. The fraction of sp³-hybridized carbons (Fsp3) is 0.556. The summed E-state index contributed by atoms with van der Waals surface area (Å²) >= 11 is 0. The van der Waals surface area contributed by atoms with Gasteiger partial charge in [0.05, 0.1) is 16.3 Å². The molecule has 1 aliphatic heterocycles. The quantitative estimate of drug-likeness (QED) is 0.838. The highest BCUT2D eigenvalue weighted by molar-refractivity contribution is 7.91. The van der Waals surface area contributed by atoms with Crippen LogP contribution < -0.4 is 15.0 Å². The van der Waals surface area contributed by atoms with Crippen LogP contribution in [0.4, 0.5) is 5.69 Å². The molecule has 1 fully saturated rings. The lowest BCUT2D eigenvalue weighted by Crippen LogP contribution is -2.47. The smallest absolute Gasteiger partial charge is 0.265 e. The van der Waals surface area contributed by atoms with Crippen molar-refractivity contribution in [3.05, 3.63) is 18.2 Å². The Hall–Kier alpha value is -2.09. The summed E-state index contributed by atoms with van der Waals surface area (Å²) in [6.07, 6.45) is 5.30. The minimum atomic E-state index is -3.42. The zero-order valence-electron chi connectivity index (χ0n) is 14.9. The van der Waals surface area contributed by atoms with Crippen LogP contribution in [-0.4, -0.2) is 45.2 Å². The Balaban J connectivity index is 1.80. The third kappa shape index (κ3) is 4.00. The number of ether oxygens (including phenoxy) is 1. The van der Waals surface area contributed by atoms with Gasteiger partial charge in [0.15, 0.2) is 16.4 Å². The van der Waals surface area contributed by atoms with Gasteiger partial charge in [-0.15, -0.1) is 0 Å². The van der Waals surface area contributed by atoms with Crippen molar-refractivity contribution in [1.82, 2.24) is 5.32 Å². The molecule has 1 saturated carbocycles. The summed E-state index contributed by atoms with van der Waals surface area (Å²) in [6.45, 7) is 1.26. The average molecular weight is 380 g/mol. The molecule has 2 amide bonds. The van der Waals surface area contributed by atoms with Crippen LogP contribution in [0.1, 0.15) is 39.0 Å². The number of nitrogens with one attached hydrogen (secondary N) is 1. The maximum absolute atomic E-state index is 12.4. The van der Waals surface area contributed by atoms with E-state index in [1.165, 1.54) is 29.5 Å². The molecule has 1 aromatic carbocycles. The monoisotopic (exact) mass is 380 g/mol. The maximum Gasteiger partial charge on any atom is 0.265 e. The predicted octanol–water partition coefficient (Wildman–Crippen LogP) is 1.65. The Kier molecular flexibility index (Phi) is 5.50. The summed E-state index contributed by atoms with van der Waals surface area (Å²) in [6, 6.07) is 4.57. The van der Waals surface area contributed by atoms with E-state index in [4.69, 9.17) is 4.74 Å². The molecule has 3 rings (SSSR count). The van der Waals surface area contributed by atoms with Gasteiger partial charge < -0.3 is 10.1 Å². The molecule has 8 heteroatoms. The minimum Gasteiger partial charge on any atom is -0.482 e. The summed E-state index contributed by atoms with van der Waals surface area (Å²) in [5.74, 6) is -0.225. The molecule has 0 bridgehead atoms. The van der Waals surface area contributed by atoms with E-state index in [0.29, 0.717) is 11.4 Å². The lowest BCUT2D eigenvalue weighted by molar-refractivity contribution is -0.125. The highest BCUT2D eigenvalue weighted by atomic mass is 32.2. The summed E-state index contributed by atoms with van der Waals surface area (Å²) in [4.78, 5) is 26.1. The first-order valence-electron chi connectivity index (χ1n) is 9.00. The summed E-state index contributed by atoms with van der Waals surface area (Å²) in [7, 11) is -3.42. The number of anilines is 1. The Morgan fingerprint density at radius 1 is 1.27 bits per heavy atom. The SMILES string of the molecule is CCS(=O)(=O)c1ccc2c(c1)N(CC(=O)NC1CCCCC1)C(=O)CO2. The van der Waals surface area contributed by atoms with E-state index in [2.05, 4.69) is 5.32 Å². The third-order valence-corrected chi connectivity index (χ3v) is 6.62. The van der Waals surface area contributed by atoms with E-state index >= 15 is 0 Å². The lowest BCUT2D eigenvalue weighted by Gasteiger charge is -2.30. The molecule has 26 heavy (non-hydrogen) atoms. The number of nitrogens with zero attached hydrogens (tertiary/aromatic N) is 1. The predicted molar refractivity (Wildman–Crippen MR) is 97.0 cm³/mol. The van der Waals surface area contributed by atoms with E-state index in [-0.39, 0.29) is 41.7 Å². The number of fused-ring (bicyclic) bond motifs is 1. The number of hydrogen-bond donors (Lipinski definition) is 1. The summed E-state index contributed by atoms with van der Waals surface area (Å²) in [5, 5.41) is 2.98. The zero-order chi connectivity index (χ0) is 18.7. The molecular weight excluding hydrogens is 356 g/mol. The van der Waals surface area contributed by atoms with Crippen LogP contribution in [-0.2, 0) is 19.4 Å². The van der Waals surface area contributed by atoms with Crippen molar-refractivity contribution in [3.8, 4) is 5.75 Å². The Labute approximate surface area is 153 Å². The highest BCUT2D eigenvalue weighted by Gasteiger charge is 2.29. The Morgan fingerprint density at radius 2 is 2.00 bits per heavy atom. The van der Waals surface area contributed by atoms with Crippen molar-refractivity contribution >= 4 is 27.3 Å². The van der Waals surface area contributed by atoms with Crippen molar-refractivity contribution in [2.24, 2.45) is 0 Å². The van der Waals surface area contributed by atoms with Crippen molar-refractivity contribution < 1.29 is 22.7 Å². The van der Waals surface area contributed by atoms with Gasteiger partial charge in [-0.05, 0) is 31.0 Å². The Morgan fingerprint density at radius 3 is 2.69 bits per heavy atom. The van der Waals surface area contributed by atoms with E-state index in [0.717, 1.165) is 25.7 Å². The topological polar surface area (TPSA) is 92.8 Å². The number of sulfone groups is 1. The molecule has 7 nitrogen and oxygen atoms in total. The number of carbonyl (C=O) groups is 2. The molecule has 1 aliphatic carbocycles. The van der Waals surface area contributed by atoms with E-state index in [9.17, 15) is 18.0 Å². The van der Waals surface area contributed by atoms with Gasteiger partial charge in [-0.1, -0.05) is 26.2 Å². The minimum absolute atomic E-state index is 0.0389. The van der Waals surface area contributed by atoms with Crippen molar-refractivity contribution in [1.29, 1.82) is 0 Å². The molecular formula is C18H24N2O5S.